The molecule has 0 atom stereocenters. The maximum atomic E-state index is 4.61. The molecule has 0 amide bonds. The van der Waals surface area contributed by atoms with Gasteiger partial charge in [0.1, 0.15) is 0 Å². The fraction of sp³-hybridized carbons (Fsp3) is 0.625. The molecule has 0 saturated heterocycles. The summed E-state index contributed by atoms with van der Waals surface area (Å²) in [5.41, 5.74) is 4.61. The molecule has 0 spiro atoms. The first-order valence-electron chi connectivity index (χ1n) is 6.75. The third-order valence-corrected chi connectivity index (χ3v) is 1.01. The molecule has 0 aromatic carbocycles. The zero-order valence-corrected chi connectivity index (χ0v) is 13.3. The van der Waals surface area contributed by atoms with Crippen molar-refractivity contribution in [3.8, 4) is 0 Å². The SMILES string of the molecule is C=CC.C=CCCCCC.C=CN.CC.CC. The molecule has 0 saturated carbocycles. The zero-order chi connectivity index (χ0) is 14.9. The highest BCUT2D eigenvalue weighted by molar-refractivity contribution is 4.64. The monoisotopic (exact) mass is 243 g/mol. The summed E-state index contributed by atoms with van der Waals surface area (Å²) in [4.78, 5) is 0. The molecule has 106 valence electrons. The van der Waals surface area contributed by atoms with Crippen molar-refractivity contribution in [2.75, 3.05) is 0 Å². The van der Waals surface area contributed by atoms with Gasteiger partial charge < -0.3 is 5.73 Å². The normalized spacial score (nSPS) is 5.76. The lowest BCUT2D eigenvalue weighted by Crippen LogP contribution is -1.67. The van der Waals surface area contributed by atoms with Gasteiger partial charge in [-0.1, -0.05) is 66.2 Å². The summed E-state index contributed by atoms with van der Waals surface area (Å²) in [7, 11) is 0. The van der Waals surface area contributed by atoms with Crippen LogP contribution >= 0.6 is 0 Å². The van der Waals surface area contributed by atoms with E-state index in [9.17, 15) is 0 Å². The molecule has 0 aliphatic rings. The van der Waals surface area contributed by atoms with Crippen LogP contribution < -0.4 is 5.73 Å². The molecule has 0 aromatic heterocycles. The largest absolute Gasteiger partial charge is 0.405 e. The van der Waals surface area contributed by atoms with Crippen molar-refractivity contribution in [1.82, 2.24) is 0 Å². The quantitative estimate of drug-likeness (QED) is 0.469. The Morgan fingerprint density at radius 3 is 1.41 bits per heavy atom. The van der Waals surface area contributed by atoms with Gasteiger partial charge in [0.15, 0.2) is 0 Å². The molecule has 0 aromatic rings. The van der Waals surface area contributed by atoms with E-state index in [0.717, 1.165) is 0 Å². The minimum atomic E-state index is 1.19. The van der Waals surface area contributed by atoms with Crippen LogP contribution in [-0.4, -0.2) is 0 Å². The smallest absolute Gasteiger partial charge is 0.0136 e. The third kappa shape index (κ3) is 279. The average Bonchev–Trinajstić information content (AvgIpc) is 2.37. The van der Waals surface area contributed by atoms with Gasteiger partial charge in [-0.05, 0) is 26.0 Å². The number of nitrogens with two attached hydrogens (primary N) is 1. The second-order valence-electron chi connectivity index (χ2n) is 2.43. The Morgan fingerprint density at radius 1 is 0.941 bits per heavy atom. The molecule has 0 heterocycles. The number of hydrogen-bond donors (Lipinski definition) is 1. The minimum Gasteiger partial charge on any atom is -0.405 e. The summed E-state index contributed by atoms with van der Waals surface area (Å²) < 4.78 is 0. The molecular weight excluding hydrogens is 206 g/mol. The van der Waals surface area contributed by atoms with E-state index in [4.69, 9.17) is 0 Å². The Morgan fingerprint density at radius 2 is 1.24 bits per heavy atom. The molecule has 17 heavy (non-hydrogen) atoms. The Kier molecular flexibility index (Phi) is 143. The van der Waals surface area contributed by atoms with E-state index in [1.165, 1.54) is 31.9 Å². The van der Waals surface area contributed by atoms with Gasteiger partial charge in [0.25, 0.3) is 0 Å². The molecule has 0 aliphatic heterocycles. The maximum Gasteiger partial charge on any atom is -0.0136 e. The summed E-state index contributed by atoms with van der Waals surface area (Å²) in [5.74, 6) is 0. The van der Waals surface area contributed by atoms with Crippen molar-refractivity contribution in [2.45, 2.75) is 67.2 Å². The van der Waals surface area contributed by atoms with E-state index >= 15 is 0 Å². The lowest BCUT2D eigenvalue weighted by atomic mass is 10.2. The van der Waals surface area contributed by atoms with Gasteiger partial charge in [-0.3, -0.25) is 0 Å². The summed E-state index contributed by atoms with van der Waals surface area (Å²) in [6.45, 7) is 22.2. The van der Waals surface area contributed by atoms with Crippen LogP contribution in [0.4, 0.5) is 0 Å². The van der Waals surface area contributed by atoms with Gasteiger partial charge in [0, 0.05) is 0 Å². The number of allylic oxidation sites excluding steroid dienone is 2. The first kappa shape index (κ1) is 29.8. The Bertz CT molecular complexity index is 89.7. The minimum absolute atomic E-state index is 1.19. The first-order valence-corrected chi connectivity index (χ1v) is 6.75. The fourth-order valence-corrected chi connectivity index (χ4v) is 0.539. The predicted octanol–water partition coefficient (Wildman–Crippen LogP) is 6.09. The average molecular weight is 243 g/mol. The van der Waals surface area contributed by atoms with Crippen molar-refractivity contribution < 1.29 is 0 Å². The van der Waals surface area contributed by atoms with Crippen LogP contribution in [0.25, 0.3) is 0 Å². The van der Waals surface area contributed by atoms with E-state index in [2.05, 4.69) is 32.4 Å². The van der Waals surface area contributed by atoms with E-state index in [1.807, 2.05) is 40.7 Å². The van der Waals surface area contributed by atoms with Crippen LogP contribution in [0.3, 0.4) is 0 Å². The summed E-state index contributed by atoms with van der Waals surface area (Å²) in [5, 5.41) is 0. The highest BCUT2D eigenvalue weighted by atomic mass is 14.5. The van der Waals surface area contributed by atoms with Crippen LogP contribution in [0.2, 0.25) is 0 Å². The van der Waals surface area contributed by atoms with Crippen LogP contribution in [0.5, 0.6) is 0 Å². The third-order valence-electron chi connectivity index (χ3n) is 1.01. The molecule has 0 aliphatic carbocycles. The predicted molar refractivity (Wildman–Crippen MR) is 87.3 cm³/mol. The zero-order valence-electron chi connectivity index (χ0n) is 13.3. The molecule has 1 heteroatoms. The topological polar surface area (TPSA) is 26.0 Å². The second kappa shape index (κ2) is 81.5. The van der Waals surface area contributed by atoms with Crippen molar-refractivity contribution in [2.24, 2.45) is 5.73 Å². The van der Waals surface area contributed by atoms with Crippen LogP contribution in [0.15, 0.2) is 38.1 Å². The lowest BCUT2D eigenvalue weighted by molar-refractivity contribution is 0.730. The Labute approximate surface area is 112 Å². The van der Waals surface area contributed by atoms with Crippen LogP contribution in [0, 0.1) is 0 Å². The van der Waals surface area contributed by atoms with E-state index in [-0.39, 0.29) is 0 Å². The molecule has 0 fully saturated rings. The fourth-order valence-electron chi connectivity index (χ4n) is 0.539. The Hall–Kier alpha value is -0.980. The molecule has 0 unspecified atom stereocenters. The maximum absolute atomic E-state index is 4.61. The molecule has 0 bridgehead atoms. The van der Waals surface area contributed by atoms with Gasteiger partial charge in [0.05, 0.1) is 0 Å². The van der Waals surface area contributed by atoms with Gasteiger partial charge >= 0.3 is 0 Å². The standard InChI is InChI=1S/C7H14.C3H6.C2H5N.2C2H6/c1-3-5-7-6-4-2;1-3-2;1-2-3;2*1-2/h3H,1,4-7H2,2H3;3H,1H2,2H3;2H,1,3H2;2*1-2H3. The molecule has 1 nitrogen and oxygen atoms in total. The van der Waals surface area contributed by atoms with Crippen molar-refractivity contribution in [1.29, 1.82) is 0 Å². The second-order valence-corrected chi connectivity index (χ2v) is 2.43. The summed E-state index contributed by atoms with van der Waals surface area (Å²) in [6.07, 6.45) is 10.2. The van der Waals surface area contributed by atoms with Crippen LogP contribution in [-0.2, 0) is 0 Å². The van der Waals surface area contributed by atoms with Crippen molar-refractivity contribution >= 4 is 0 Å². The van der Waals surface area contributed by atoms with Gasteiger partial charge in [-0.25, -0.2) is 0 Å². The molecule has 2 N–H and O–H groups in total. The van der Waals surface area contributed by atoms with E-state index in [1.54, 1.807) is 6.08 Å². The van der Waals surface area contributed by atoms with Crippen molar-refractivity contribution in [3.05, 3.63) is 38.1 Å². The van der Waals surface area contributed by atoms with Gasteiger partial charge in [-0.2, -0.15) is 0 Å². The number of rotatable bonds is 4. The lowest BCUT2D eigenvalue weighted by Gasteiger charge is -1.87. The van der Waals surface area contributed by atoms with Gasteiger partial charge in [0.2, 0.25) is 0 Å². The molecular formula is C16H37N. The Balaban J connectivity index is -0.0000000408. The van der Waals surface area contributed by atoms with E-state index in [0.29, 0.717) is 0 Å². The summed E-state index contributed by atoms with van der Waals surface area (Å²) >= 11 is 0. The number of unbranched alkanes of at least 4 members (excludes halogenated alkanes) is 3. The molecule has 0 rings (SSSR count). The van der Waals surface area contributed by atoms with Crippen molar-refractivity contribution in [3.63, 3.8) is 0 Å². The first-order chi connectivity index (χ1) is 8.24. The molecule has 0 radical (unpaired) electrons. The highest BCUT2D eigenvalue weighted by Crippen LogP contribution is 1.97. The summed E-state index contributed by atoms with van der Waals surface area (Å²) in [6, 6.07) is 0. The highest BCUT2D eigenvalue weighted by Gasteiger charge is 1.77. The van der Waals surface area contributed by atoms with Gasteiger partial charge in [-0.15, -0.1) is 13.2 Å². The number of hydrogen-bond acceptors (Lipinski definition) is 1. The van der Waals surface area contributed by atoms with Crippen LogP contribution in [0.1, 0.15) is 67.2 Å². The van der Waals surface area contributed by atoms with E-state index < -0.39 is 0 Å².